The zero-order valence-electron chi connectivity index (χ0n) is 15.8. The van der Waals surface area contributed by atoms with Gasteiger partial charge in [0.1, 0.15) is 17.2 Å². The summed E-state index contributed by atoms with van der Waals surface area (Å²) in [6.45, 7) is 0. The molecular formula is C21H21N3O3S2. The molecule has 0 spiro atoms. The third-order valence-corrected chi connectivity index (χ3v) is 7.11. The zero-order valence-corrected chi connectivity index (χ0v) is 17.4. The first-order valence-electron chi connectivity index (χ1n) is 9.65. The van der Waals surface area contributed by atoms with Gasteiger partial charge >= 0.3 is 6.09 Å². The molecule has 4 rings (SSSR count). The topological polar surface area (TPSA) is 91.2 Å². The van der Waals surface area contributed by atoms with E-state index in [0.717, 1.165) is 35.3 Å². The van der Waals surface area contributed by atoms with Gasteiger partial charge in [0.05, 0.1) is 5.56 Å². The summed E-state index contributed by atoms with van der Waals surface area (Å²) in [4.78, 5) is 25.3. The van der Waals surface area contributed by atoms with Gasteiger partial charge in [0, 0.05) is 23.4 Å². The van der Waals surface area contributed by atoms with Crippen LogP contribution in [0.5, 0.6) is 0 Å². The molecule has 0 radical (unpaired) electrons. The molecule has 150 valence electrons. The van der Waals surface area contributed by atoms with E-state index >= 15 is 0 Å². The van der Waals surface area contributed by atoms with E-state index in [0.29, 0.717) is 29.8 Å². The summed E-state index contributed by atoms with van der Waals surface area (Å²) in [5.41, 5.74) is 2.46. The van der Waals surface area contributed by atoms with Crippen LogP contribution in [0.15, 0.2) is 22.9 Å². The van der Waals surface area contributed by atoms with E-state index in [1.165, 1.54) is 17.4 Å². The summed E-state index contributed by atoms with van der Waals surface area (Å²) in [5.74, 6) is -0.265. The van der Waals surface area contributed by atoms with Gasteiger partial charge in [0.15, 0.2) is 0 Å². The molecular weight excluding hydrogens is 406 g/mol. The lowest BCUT2D eigenvalue weighted by atomic mass is 9.93. The Labute approximate surface area is 177 Å². The van der Waals surface area contributed by atoms with Crippen molar-refractivity contribution in [2.75, 3.05) is 5.32 Å². The fourth-order valence-electron chi connectivity index (χ4n) is 3.46. The van der Waals surface area contributed by atoms with E-state index in [2.05, 4.69) is 16.7 Å². The number of carbonyl (C=O) groups is 2. The van der Waals surface area contributed by atoms with Crippen molar-refractivity contribution in [3.8, 4) is 6.07 Å². The highest BCUT2D eigenvalue weighted by molar-refractivity contribution is 7.16. The van der Waals surface area contributed by atoms with E-state index in [1.54, 1.807) is 17.4 Å². The Morgan fingerprint density at radius 3 is 2.86 bits per heavy atom. The Balaban J connectivity index is 1.39. The van der Waals surface area contributed by atoms with Gasteiger partial charge in [-0.3, -0.25) is 4.79 Å². The summed E-state index contributed by atoms with van der Waals surface area (Å²) in [5, 5.41) is 19.8. The fraction of sp³-hybridized carbons (Fsp3) is 0.381. The summed E-state index contributed by atoms with van der Waals surface area (Å²) in [6.07, 6.45) is 7.78. The maximum absolute atomic E-state index is 12.3. The van der Waals surface area contributed by atoms with Crippen molar-refractivity contribution in [3.63, 3.8) is 0 Å². The van der Waals surface area contributed by atoms with Gasteiger partial charge in [0.2, 0.25) is 5.91 Å². The molecule has 2 aromatic heterocycles. The number of fused-ring (bicyclic) bond motifs is 1. The molecule has 6 nitrogen and oxygen atoms in total. The Hall–Kier alpha value is -2.63. The number of nitrogens with one attached hydrogen (secondary N) is 2. The summed E-state index contributed by atoms with van der Waals surface area (Å²) in [7, 11) is 0. The van der Waals surface area contributed by atoms with E-state index < -0.39 is 0 Å². The van der Waals surface area contributed by atoms with Crippen LogP contribution >= 0.6 is 22.7 Å². The minimum absolute atomic E-state index is 0.199. The molecule has 1 atom stereocenters. The highest BCUT2D eigenvalue weighted by atomic mass is 32.1. The first-order valence-corrected chi connectivity index (χ1v) is 11.4. The van der Waals surface area contributed by atoms with Gasteiger partial charge in [-0.05, 0) is 66.1 Å². The van der Waals surface area contributed by atoms with Crippen LogP contribution in [0.4, 0.5) is 9.80 Å². The normalized spacial score (nSPS) is 18.5. The number of hydrogen-bond donors (Lipinski definition) is 2. The monoisotopic (exact) mass is 427 g/mol. The Morgan fingerprint density at radius 2 is 2.17 bits per heavy atom. The van der Waals surface area contributed by atoms with Gasteiger partial charge < -0.3 is 15.4 Å². The second-order valence-corrected chi connectivity index (χ2v) is 9.13. The number of rotatable bonds is 5. The molecule has 0 bridgehead atoms. The predicted molar refractivity (Wildman–Crippen MR) is 114 cm³/mol. The van der Waals surface area contributed by atoms with Crippen molar-refractivity contribution in [1.82, 2.24) is 5.32 Å². The lowest BCUT2D eigenvalue weighted by molar-refractivity contribution is -0.111. The van der Waals surface area contributed by atoms with Crippen LogP contribution in [0.2, 0.25) is 0 Å². The SMILES string of the molecule is N#Cc1c(NC(=O)/C=C/c2ccsc2)sc2c1CCC(OC(=O)NC1CCC1)C2. The smallest absolute Gasteiger partial charge is 0.407 e. The van der Waals surface area contributed by atoms with Crippen LogP contribution in [0.25, 0.3) is 6.08 Å². The molecule has 2 aliphatic carbocycles. The molecule has 2 N–H and O–H groups in total. The van der Waals surface area contributed by atoms with Crippen molar-refractivity contribution >= 4 is 45.8 Å². The second-order valence-electron chi connectivity index (χ2n) is 7.24. The molecule has 2 amide bonds. The van der Waals surface area contributed by atoms with Crippen molar-refractivity contribution in [2.45, 2.75) is 50.7 Å². The molecule has 8 heteroatoms. The summed E-state index contributed by atoms with van der Waals surface area (Å²) in [6, 6.07) is 4.41. The van der Waals surface area contributed by atoms with E-state index in [9.17, 15) is 14.9 Å². The molecule has 2 aliphatic rings. The number of hydrogen-bond acceptors (Lipinski definition) is 6. The molecule has 29 heavy (non-hydrogen) atoms. The lowest BCUT2D eigenvalue weighted by Gasteiger charge is -2.28. The van der Waals surface area contributed by atoms with Crippen LogP contribution in [-0.4, -0.2) is 24.1 Å². The van der Waals surface area contributed by atoms with Crippen LogP contribution < -0.4 is 10.6 Å². The first-order chi connectivity index (χ1) is 14.1. The van der Waals surface area contributed by atoms with E-state index in [4.69, 9.17) is 4.74 Å². The van der Waals surface area contributed by atoms with E-state index in [-0.39, 0.29) is 24.1 Å². The molecule has 0 aliphatic heterocycles. The molecule has 2 aromatic rings. The van der Waals surface area contributed by atoms with Crippen molar-refractivity contribution in [3.05, 3.63) is 44.5 Å². The predicted octanol–water partition coefficient (Wildman–Crippen LogP) is 4.47. The average molecular weight is 428 g/mol. The third-order valence-electron chi connectivity index (χ3n) is 5.24. The molecule has 0 aromatic carbocycles. The lowest BCUT2D eigenvalue weighted by Crippen LogP contribution is -2.41. The first kappa shape index (κ1) is 19.7. The summed E-state index contributed by atoms with van der Waals surface area (Å²) < 4.78 is 5.57. The number of nitrogens with zero attached hydrogens (tertiary/aromatic N) is 1. The van der Waals surface area contributed by atoms with Gasteiger partial charge in [-0.2, -0.15) is 16.6 Å². The van der Waals surface area contributed by atoms with Gasteiger partial charge in [0.25, 0.3) is 0 Å². The summed E-state index contributed by atoms with van der Waals surface area (Å²) >= 11 is 2.97. The third kappa shape index (κ3) is 4.69. The van der Waals surface area contributed by atoms with Crippen LogP contribution in [0.1, 0.15) is 47.3 Å². The molecule has 2 heterocycles. The minimum atomic E-state index is -0.354. The Bertz CT molecular complexity index is 968. The quantitative estimate of drug-likeness (QED) is 0.689. The number of thiophene rings is 2. The largest absolute Gasteiger partial charge is 0.446 e. The van der Waals surface area contributed by atoms with Gasteiger partial charge in [-0.25, -0.2) is 4.79 Å². The molecule has 1 saturated carbocycles. The number of nitriles is 1. The molecule has 0 saturated heterocycles. The second kappa shape index (κ2) is 8.80. The van der Waals surface area contributed by atoms with Crippen LogP contribution in [-0.2, 0) is 22.4 Å². The number of carbonyl (C=O) groups excluding carboxylic acids is 2. The van der Waals surface area contributed by atoms with Gasteiger partial charge in [-0.1, -0.05) is 0 Å². The van der Waals surface area contributed by atoms with Crippen LogP contribution in [0, 0.1) is 11.3 Å². The highest BCUT2D eigenvalue weighted by Gasteiger charge is 2.29. The number of alkyl carbamates (subject to hydrolysis) is 1. The van der Waals surface area contributed by atoms with Crippen molar-refractivity contribution in [2.24, 2.45) is 0 Å². The van der Waals surface area contributed by atoms with Crippen LogP contribution in [0.3, 0.4) is 0 Å². The number of anilines is 1. The maximum Gasteiger partial charge on any atom is 0.407 e. The number of ether oxygens (including phenoxy) is 1. The van der Waals surface area contributed by atoms with Crippen molar-refractivity contribution < 1.29 is 14.3 Å². The molecule has 1 fully saturated rings. The average Bonchev–Trinajstić information content (AvgIpc) is 3.30. The Morgan fingerprint density at radius 1 is 1.31 bits per heavy atom. The van der Waals surface area contributed by atoms with E-state index in [1.807, 2.05) is 16.8 Å². The van der Waals surface area contributed by atoms with Gasteiger partial charge in [-0.15, -0.1) is 11.3 Å². The number of amides is 2. The highest BCUT2D eigenvalue weighted by Crippen LogP contribution is 2.38. The fourth-order valence-corrected chi connectivity index (χ4v) is 5.36. The Kier molecular flexibility index (Phi) is 5.97. The standard InChI is InChI=1S/C21H21N3O3S2/c22-11-17-16-6-5-15(27-21(26)23-14-2-1-3-14)10-18(16)29-20(17)24-19(25)7-4-13-8-9-28-12-13/h4,7-9,12,14-15H,1-3,5-6,10H2,(H,23,26)(H,24,25)/b7-4+. The zero-order chi connectivity index (χ0) is 20.2. The molecule has 1 unspecified atom stereocenters. The van der Waals surface area contributed by atoms with Crippen molar-refractivity contribution in [1.29, 1.82) is 5.26 Å². The minimum Gasteiger partial charge on any atom is -0.446 e. The maximum atomic E-state index is 12.3.